The normalized spacial score (nSPS) is 11.9. The van der Waals surface area contributed by atoms with E-state index in [-0.39, 0.29) is 18.2 Å². The largest absolute Gasteiger partial charge is 0.465 e. The maximum absolute atomic E-state index is 13.7. The lowest BCUT2D eigenvalue weighted by molar-refractivity contribution is -0.145. The molecule has 2 aromatic rings. The van der Waals surface area contributed by atoms with Gasteiger partial charge in [0.2, 0.25) is 0 Å². The molecule has 0 aliphatic rings. The first kappa shape index (κ1) is 14.2. The monoisotopic (exact) mass is 273 g/mol. The van der Waals surface area contributed by atoms with Gasteiger partial charge in [-0.1, -0.05) is 24.3 Å². The SMILES string of the molecule is CCOC(=O)C(Cc1ccccc1F)c1ccccn1. The molecule has 1 heterocycles. The zero-order valence-corrected chi connectivity index (χ0v) is 11.3. The third kappa shape index (κ3) is 3.41. The standard InChI is InChI=1S/C16H16FNO2/c1-2-20-16(19)13(15-9-5-6-10-18-15)11-12-7-3-4-8-14(12)17/h3-10,13H,2,11H2,1H3. The molecule has 3 nitrogen and oxygen atoms in total. The first-order valence-electron chi connectivity index (χ1n) is 6.53. The maximum atomic E-state index is 13.7. The van der Waals surface area contributed by atoms with Crippen molar-refractivity contribution in [1.29, 1.82) is 0 Å². The zero-order chi connectivity index (χ0) is 14.4. The number of ether oxygens (including phenoxy) is 1. The van der Waals surface area contributed by atoms with Crippen LogP contribution in [0.4, 0.5) is 4.39 Å². The fourth-order valence-corrected chi connectivity index (χ4v) is 2.02. The molecule has 1 unspecified atom stereocenters. The van der Waals surface area contributed by atoms with Gasteiger partial charge in [0.15, 0.2) is 0 Å². The van der Waals surface area contributed by atoms with E-state index < -0.39 is 5.92 Å². The summed E-state index contributed by atoms with van der Waals surface area (Å²) < 4.78 is 18.8. The number of pyridine rings is 1. The van der Waals surface area contributed by atoms with Gasteiger partial charge in [-0.15, -0.1) is 0 Å². The number of halogens is 1. The molecule has 0 N–H and O–H groups in total. The van der Waals surface area contributed by atoms with Crippen molar-refractivity contribution in [3.8, 4) is 0 Å². The van der Waals surface area contributed by atoms with Gasteiger partial charge in [-0.25, -0.2) is 4.39 Å². The van der Waals surface area contributed by atoms with Crippen LogP contribution < -0.4 is 0 Å². The minimum Gasteiger partial charge on any atom is -0.465 e. The average molecular weight is 273 g/mol. The van der Waals surface area contributed by atoms with Gasteiger partial charge in [0.25, 0.3) is 0 Å². The molecular weight excluding hydrogens is 257 g/mol. The summed E-state index contributed by atoms with van der Waals surface area (Å²) in [6.45, 7) is 2.04. The fourth-order valence-electron chi connectivity index (χ4n) is 2.02. The number of hydrogen-bond acceptors (Lipinski definition) is 3. The van der Waals surface area contributed by atoms with Gasteiger partial charge in [0.1, 0.15) is 11.7 Å². The van der Waals surface area contributed by atoms with Crippen molar-refractivity contribution in [1.82, 2.24) is 4.98 Å². The van der Waals surface area contributed by atoms with Crippen molar-refractivity contribution >= 4 is 5.97 Å². The lowest BCUT2D eigenvalue weighted by Gasteiger charge is -2.15. The van der Waals surface area contributed by atoms with Crippen molar-refractivity contribution in [2.24, 2.45) is 0 Å². The number of esters is 1. The Morgan fingerprint density at radius 2 is 2.00 bits per heavy atom. The second kappa shape index (κ2) is 6.80. The van der Waals surface area contributed by atoms with Gasteiger partial charge < -0.3 is 4.74 Å². The predicted octanol–water partition coefficient (Wildman–Crippen LogP) is 3.11. The van der Waals surface area contributed by atoms with E-state index in [1.54, 1.807) is 49.5 Å². The minimum absolute atomic E-state index is 0.239. The Balaban J connectivity index is 2.28. The van der Waals surface area contributed by atoms with Gasteiger partial charge in [0, 0.05) is 6.20 Å². The van der Waals surface area contributed by atoms with E-state index in [1.165, 1.54) is 6.07 Å². The first-order chi connectivity index (χ1) is 9.72. The van der Waals surface area contributed by atoms with Crippen LogP contribution in [0, 0.1) is 5.82 Å². The zero-order valence-electron chi connectivity index (χ0n) is 11.3. The molecule has 1 aromatic carbocycles. The lowest BCUT2D eigenvalue weighted by Crippen LogP contribution is -2.19. The van der Waals surface area contributed by atoms with Crippen molar-refractivity contribution in [3.63, 3.8) is 0 Å². The van der Waals surface area contributed by atoms with Gasteiger partial charge in [-0.3, -0.25) is 9.78 Å². The summed E-state index contributed by atoms with van der Waals surface area (Å²) in [5, 5.41) is 0. The molecule has 0 aliphatic carbocycles. The Hall–Kier alpha value is -2.23. The first-order valence-corrected chi connectivity index (χ1v) is 6.53. The number of carbonyl (C=O) groups excluding carboxylic acids is 1. The molecule has 0 saturated heterocycles. The minimum atomic E-state index is -0.590. The van der Waals surface area contributed by atoms with Crippen LogP contribution in [-0.2, 0) is 16.0 Å². The quantitative estimate of drug-likeness (QED) is 0.786. The summed E-state index contributed by atoms with van der Waals surface area (Å²) in [7, 11) is 0. The number of hydrogen-bond donors (Lipinski definition) is 0. The molecule has 0 spiro atoms. The van der Waals surface area contributed by atoms with Crippen molar-refractivity contribution in [2.45, 2.75) is 19.3 Å². The molecule has 0 bridgehead atoms. The number of benzene rings is 1. The Kier molecular flexibility index (Phi) is 4.82. The molecule has 0 aliphatic heterocycles. The highest BCUT2D eigenvalue weighted by Crippen LogP contribution is 2.22. The maximum Gasteiger partial charge on any atom is 0.315 e. The highest BCUT2D eigenvalue weighted by atomic mass is 19.1. The molecule has 1 aromatic heterocycles. The highest BCUT2D eigenvalue weighted by Gasteiger charge is 2.24. The van der Waals surface area contributed by atoms with E-state index >= 15 is 0 Å². The number of nitrogens with zero attached hydrogens (tertiary/aromatic N) is 1. The molecule has 0 fully saturated rings. The Morgan fingerprint density at radius 3 is 2.65 bits per heavy atom. The van der Waals surface area contributed by atoms with Crippen LogP contribution in [-0.4, -0.2) is 17.6 Å². The summed E-state index contributed by atoms with van der Waals surface area (Å²) in [6, 6.07) is 11.8. The predicted molar refractivity (Wildman–Crippen MR) is 73.7 cm³/mol. The van der Waals surface area contributed by atoms with E-state index in [4.69, 9.17) is 4.74 Å². The van der Waals surface area contributed by atoms with E-state index in [2.05, 4.69) is 4.98 Å². The smallest absolute Gasteiger partial charge is 0.315 e. The molecule has 2 rings (SSSR count). The topological polar surface area (TPSA) is 39.2 Å². The van der Waals surface area contributed by atoms with E-state index in [0.29, 0.717) is 17.9 Å². The van der Waals surface area contributed by atoms with Crippen LogP contribution in [0.2, 0.25) is 0 Å². The van der Waals surface area contributed by atoms with Crippen LogP contribution in [0.15, 0.2) is 48.7 Å². The lowest BCUT2D eigenvalue weighted by atomic mass is 9.95. The van der Waals surface area contributed by atoms with Crippen LogP contribution in [0.5, 0.6) is 0 Å². The molecule has 0 radical (unpaired) electrons. The van der Waals surface area contributed by atoms with E-state index in [9.17, 15) is 9.18 Å². The number of aromatic nitrogens is 1. The van der Waals surface area contributed by atoms with Gasteiger partial charge >= 0.3 is 5.97 Å². The fraction of sp³-hybridized carbons (Fsp3) is 0.250. The number of carbonyl (C=O) groups is 1. The molecule has 104 valence electrons. The van der Waals surface area contributed by atoms with Crippen molar-refractivity contribution < 1.29 is 13.9 Å². The molecule has 1 atom stereocenters. The van der Waals surface area contributed by atoms with Gasteiger partial charge in [-0.2, -0.15) is 0 Å². The third-order valence-corrected chi connectivity index (χ3v) is 3.00. The number of rotatable bonds is 5. The molecule has 20 heavy (non-hydrogen) atoms. The molecule has 0 saturated carbocycles. The van der Waals surface area contributed by atoms with Gasteiger partial charge in [-0.05, 0) is 37.1 Å². The van der Waals surface area contributed by atoms with Crippen LogP contribution in [0.1, 0.15) is 24.1 Å². The Labute approximate surface area is 117 Å². The molecule has 4 heteroatoms. The molecule has 0 amide bonds. The summed E-state index contributed by atoms with van der Waals surface area (Å²) in [5.74, 6) is -1.29. The summed E-state index contributed by atoms with van der Waals surface area (Å²) in [5.41, 5.74) is 1.07. The summed E-state index contributed by atoms with van der Waals surface area (Å²) in [4.78, 5) is 16.3. The Bertz CT molecular complexity index is 572. The summed E-state index contributed by atoms with van der Waals surface area (Å²) >= 11 is 0. The Morgan fingerprint density at radius 1 is 1.25 bits per heavy atom. The second-order valence-electron chi connectivity index (χ2n) is 4.35. The van der Waals surface area contributed by atoms with Gasteiger partial charge in [0.05, 0.1) is 12.3 Å². The summed E-state index contributed by atoms with van der Waals surface area (Å²) in [6.07, 6.45) is 1.85. The van der Waals surface area contributed by atoms with E-state index in [1.807, 2.05) is 0 Å². The van der Waals surface area contributed by atoms with Crippen LogP contribution in [0.25, 0.3) is 0 Å². The molecular formula is C16H16FNO2. The van der Waals surface area contributed by atoms with Crippen LogP contribution >= 0.6 is 0 Å². The van der Waals surface area contributed by atoms with Crippen molar-refractivity contribution in [2.75, 3.05) is 6.61 Å². The van der Waals surface area contributed by atoms with Crippen LogP contribution in [0.3, 0.4) is 0 Å². The second-order valence-corrected chi connectivity index (χ2v) is 4.35. The van der Waals surface area contributed by atoms with E-state index in [0.717, 1.165) is 0 Å². The van der Waals surface area contributed by atoms with Crippen molar-refractivity contribution in [3.05, 3.63) is 65.7 Å². The highest BCUT2D eigenvalue weighted by molar-refractivity contribution is 5.78. The average Bonchev–Trinajstić information content (AvgIpc) is 2.47. The third-order valence-electron chi connectivity index (χ3n) is 3.00.